The van der Waals surface area contributed by atoms with Crippen molar-refractivity contribution in [2.75, 3.05) is 34.6 Å². The topological polar surface area (TPSA) is 80.9 Å². The van der Waals surface area contributed by atoms with Crippen LogP contribution in [0.1, 0.15) is 21.5 Å². The van der Waals surface area contributed by atoms with E-state index in [1.165, 1.54) is 4.90 Å². The molecule has 158 valence electrons. The maximum Gasteiger partial charge on any atom is 0.294 e. The number of amides is 1. The molecule has 1 amide bonds. The van der Waals surface area contributed by atoms with Gasteiger partial charge in [0.15, 0.2) is 0 Å². The van der Waals surface area contributed by atoms with Crippen molar-refractivity contribution in [2.24, 2.45) is 0 Å². The molecule has 3 aromatic rings. The van der Waals surface area contributed by atoms with E-state index in [1.807, 2.05) is 42.5 Å². The first kappa shape index (κ1) is 21.5. The van der Waals surface area contributed by atoms with Crippen molar-refractivity contribution < 1.29 is 23.8 Å². The summed E-state index contributed by atoms with van der Waals surface area (Å²) in [5, 5.41) is 0.607. The number of aromatic nitrogens is 1. The minimum Gasteiger partial charge on any atom is -0.488 e. The van der Waals surface area contributed by atoms with E-state index in [-0.39, 0.29) is 6.79 Å². The largest absolute Gasteiger partial charge is 0.488 e. The van der Waals surface area contributed by atoms with E-state index in [0.717, 1.165) is 16.6 Å². The Kier molecular flexibility index (Phi) is 7.21. The minimum atomic E-state index is -0.584. The Labute approximate surface area is 175 Å². The van der Waals surface area contributed by atoms with E-state index >= 15 is 0 Å². The number of ketones is 1. The lowest BCUT2D eigenvalue weighted by molar-refractivity contribution is -0.124. The zero-order valence-electron chi connectivity index (χ0n) is 17.4. The maximum absolute atomic E-state index is 12.8. The highest BCUT2D eigenvalue weighted by atomic mass is 16.7. The quantitative estimate of drug-likeness (QED) is 0.240. The van der Waals surface area contributed by atoms with Crippen LogP contribution in [0.3, 0.4) is 0 Å². The van der Waals surface area contributed by atoms with Crippen LogP contribution in [0.15, 0.2) is 48.7 Å². The number of hydrogen-bond acceptors (Lipinski definition) is 5. The minimum absolute atomic E-state index is 0.215. The molecule has 0 aliphatic rings. The number of likely N-dealkylation sites (N-methyl/N-ethyl adjacent to an activating group) is 1. The number of H-pyrrole nitrogens is 1. The summed E-state index contributed by atoms with van der Waals surface area (Å²) in [6.07, 6.45) is 2.19. The van der Waals surface area contributed by atoms with Crippen molar-refractivity contribution in [3.05, 3.63) is 65.4 Å². The first-order valence-corrected chi connectivity index (χ1v) is 9.65. The molecular weight excluding hydrogens is 384 g/mol. The number of ether oxygens (including phenoxy) is 3. The van der Waals surface area contributed by atoms with E-state index in [9.17, 15) is 9.59 Å². The molecule has 3 rings (SSSR count). The van der Waals surface area contributed by atoms with Gasteiger partial charge in [0.05, 0.1) is 23.1 Å². The molecule has 0 aliphatic carbocycles. The predicted octanol–water partition coefficient (Wildman–Crippen LogP) is 3.18. The van der Waals surface area contributed by atoms with Gasteiger partial charge in [-0.05, 0) is 23.6 Å². The van der Waals surface area contributed by atoms with Crippen LogP contribution < -0.4 is 4.74 Å². The summed E-state index contributed by atoms with van der Waals surface area (Å²) in [4.78, 5) is 29.5. The van der Waals surface area contributed by atoms with Crippen LogP contribution in [0.25, 0.3) is 10.9 Å². The van der Waals surface area contributed by atoms with Crippen LogP contribution >= 0.6 is 0 Å². The Balaban J connectivity index is 1.96. The van der Waals surface area contributed by atoms with Crippen molar-refractivity contribution in [3.63, 3.8) is 0 Å². The molecule has 0 spiro atoms. The molecular formula is C23H26N2O5. The van der Waals surface area contributed by atoms with Gasteiger partial charge in [0.25, 0.3) is 11.7 Å². The second kappa shape index (κ2) is 10.0. The molecule has 0 radical (unpaired) electrons. The molecule has 7 heteroatoms. The highest BCUT2D eigenvalue weighted by Gasteiger charge is 2.24. The van der Waals surface area contributed by atoms with Gasteiger partial charge in [-0.1, -0.05) is 36.4 Å². The zero-order chi connectivity index (χ0) is 21.5. The van der Waals surface area contributed by atoms with Crippen molar-refractivity contribution in [3.8, 4) is 5.75 Å². The van der Waals surface area contributed by atoms with Gasteiger partial charge in [0, 0.05) is 27.4 Å². The van der Waals surface area contributed by atoms with Crippen LogP contribution in [-0.4, -0.2) is 56.2 Å². The normalized spacial score (nSPS) is 10.9. The van der Waals surface area contributed by atoms with Gasteiger partial charge >= 0.3 is 0 Å². The van der Waals surface area contributed by atoms with Crippen LogP contribution in [0.4, 0.5) is 0 Å². The van der Waals surface area contributed by atoms with Gasteiger partial charge < -0.3 is 24.1 Å². The van der Waals surface area contributed by atoms with E-state index in [4.69, 9.17) is 14.2 Å². The second-order valence-corrected chi connectivity index (χ2v) is 7.04. The maximum atomic E-state index is 12.8. The van der Waals surface area contributed by atoms with Crippen LogP contribution in [-0.2, 0) is 27.3 Å². The molecule has 7 nitrogen and oxygen atoms in total. The van der Waals surface area contributed by atoms with Crippen molar-refractivity contribution in [1.82, 2.24) is 9.88 Å². The highest BCUT2D eigenvalue weighted by molar-refractivity contribution is 6.45. The Hall–Kier alpha value is -3.16. The summed E-state index contributed by atoms with van der Waals surface area (Å²) in [6.45, 7) is 1.03. The lowest BCUT2D eigenvalue weighted by atomic mass is 10.0. The predicted molar refractivity (Wildman–Crippen MR) is 114 cm³/mol. The Morgan fingerprint density at radius 3 is 2.53 bits per heavy atom. The third kappa shape index (κ3) is 4.87. The summed E-state index contributed by atoms with van der Waals surface area (Å²) in [6, 6.07) is 13.5. The SMILES string of the molecule is COCOCCc1ccc(OCc2ccccc2)c2c(C(=O)C(=O)N(C)C)c[nH]c12. The molecule has 30 heavy (non-hydrogen) atoms. The fraction of sp³-hybridized carbons (Fsp3) is 0.304. The Morgan fingerprint density at radius 2 is 1.83 bits per heavy atom. The number of Topliss-reactive ketones (excluding diaryl/α,β-unsaturated/α-hetero) is 1. The number of methoxy groups -OCH3 is 1. The number of nitrogens with one attached hydrogen (secondary N) is 1. The molecule has 0 saturated heterocycles. The summed E-state index contributed by atoms with van der Waals surface area (Å²) < 4.78 is 16.4. The second-order valence-electron chi connectivity index (χ2n) is 7.04. The molecule has 0 unspecified atom stereocenters. The molecule has 1 aromatic heterocycles. The number of hydrogen-bond donors (Lipinski definition) is 1. The number of fused-ring (bicyclic) bond motifs is 1. The van der Waals surface area contributed by atoms with Gasteiger partial charge in [-0.15, -0.1) is 0 Å². The summed E-state index contributed by atoms with van der Waals surface area (Å²) in [5.41, 5.74) is 3.03. The van der Waals surface area contributed by atoms with Crippen molar-refractivity contribution in [2.45, 2.75) is 13.0 Å². The summed E-state index contributed by atoms with van der Waals surface area (Å²) in [5.74, 6) is -0.617. The summed E-state index contributed by atoms with van der Waals surface area (Å²) >= 11 is 0. The van der Waals surface area contributed by atoms with E-state index in [1.54, 1.807) is 27.4 Å². The average Bonchev–Trinajstić information content (AvgIpc) is 3.21. The van der Waals surface area contributed by atoms with Crippen molar-refractivity contribution in [1.29, 1.82) is 0 Å². The van der Waals surface area contributed by atoms with Gasteiger partial charge in [0.2, 0.25) is 0 Å². The lowest BCUT2D eigenvalue weighted by Crippen LogP contribution is -2.29. The lowest BCUT2D eigenvalue weighted by Gasteiger charge is -2.13. The molecule has 2 aromatic carbocycles. The standard InChI is InChI=1S/C23H26N2O5/c1-25(2)23(27)22(26)18-13-24-21-17(11-12-29-15-28-3)9-10-19(20(18)21)30-14-16-7-5-4-6-8-16/h4-10,13,24H,11-12,14-15H2,1-3H3. The van der Waals surface area contributed by atoms with Crippen LogP contribution in [0.5, 0.6) is 5.75 Å². The number of nitrogens with zero attached hydrogens (tertiary/aromatic N) is 1. The zero-order valence-corrected chi connectivity index (χ0v) is 17.4. The number of carbonyl (C=O) groups excluding carboxylic acids is 2. The van der Waals surface area contributed by atoms with Crippen LogP contribution in [0.2, 0.25) is 0 Å². The number of rotatable bonds is 10. The fourth-order valence-electron chi connectivity index (χ4n) is 3.16. The van der Waals surface area contributed by atoms with Crippen molar-refractivity contribution >= 4 is 22.6 Å². The molecule has 0 atom stereocenters. The molecule has 0 bridgehead atoms. The number of benzene rings is 2. The van der Waals surface area contributed by atoms with E-state index in [0.29, 0.717) is 36.3 Å². The monoisotopic (exact) mass is 410 g/mol. The van der Waals surface area contributed by atoms with Gasteiger partial charge in [0.1, 0.15) is 19.1 Å². The smallest absolute Gasteiger partial charge is 0.294 e. The first-order valence-electron chi connectivity index (χ1n) is 9.65. The molecule has 1 heterocycles. The third-order valence-electron chi connectivity index (χ3n) is 4.68. The Morgan fingerprint density at radius 1 is 1.07 bits per heavy atom. The number of carbonyl (C=O) groups is 2. The van der Waals surface area contributed by atoms with E-state index < -0.39 is 11.7 Å². The highest BCUT2D eigenvalue weighted by Crippen LogP contribution is 2.33. The molecule has 0 saturated carbocycles. The molecule has 0 fully saturated rings. The Bertz CT molecular complexity index is 1010. The van der Waals surface area contributed by atoms with Gasteiger partial charge in [-0.25, -0.2) is 0 Å². The fourth-order valence-corrected chi connectivity index (χ4v) is 3.16. The molecule has 0 aliphatic heterocycles. The average molecular weight is 410 g/mol. The summed E-state index contributed by atoms with van der Waals surface area (Å²) in [7, 11) is 4.68. The van der Waals surface area contributed by atoms with Gasteiger partial charge in [-0.3, -0.25) is 9.59 Å². The van der Waals surface area contributed by atoms with E-state index in [2.05, 4.69) is 4.98 Å². The first-order chi connectivity index (χ1) is 14.5. The number of aromatic amines is 1. The van der Waals surface area contributed by atoms with Crippen LogP contribution in [0, 0.1) is 0 Å². The van der Waals surface area contributed by atoms with Gasteiger partial charge in [-0.2, -0.15) is 0 Å². The third-order valence-corrected chi connectivity index (χ3v) is 4.68. The molecule has 1 N–H and O–H groups in total.